The highest BCUT2D eigenvalue weighted by atomic mass is 16.2. The smallest absolute Gasteiger partial charge is 0.239 e. The second kappa shape index (κ2) is 6.59. The maximum atomic E-state index is 11.8. The maximum absolute atomic E-state index is 11.8. The van der Waals surface area contributed by atoms with Gasteiger partial charge in [-0.15, -0.1) is 0 Å². The number of amides is 2. The van der Waals surface area contributed by atoms with Crippen molar-refractivity contribution in [2.24, 2.45) is 5.92 Å². The van der Waals surface area contributed by atoms with Gasteiger partial charge in [0.15, 0.2) is 0 Å². The van der Waals surface area contributed by atoms with Crippen LogP contribution in [0.3, 0.4) is 0 Å². The molecule has 5 heteroatoms. The summed E-state index contributed by atoms with van der Waals surface area (Å²) < 4.78 is 0. The lowest BCUT2D eigenvalue weighted by atomic mass is 10.0. The van der Waals surface area contributed by atoms with Gasteiger partial charge >= 0.3 is 0 Å². The number of rotatable bonds is 5. The quantitative estimate of drug-likeness (QED) is 0.635. The summed E-state index contributed by atoms with van der Waals surface area (Å²) >= 11 is 0. The van der Waals surface area contributed by atoms with E-state index in [0.717, 1.165) is 12.8 Å². The molecule has 0 saturated carbocycles. The third-order valence-electron chi connectivity index (χ3n) is 2.89. The van der Waals surface area contributed by atoms with Crippen LogP contribution in [0, 0.1) is 5.92 Å². The Balaban J connectivity index is 2.26. The third-order valence-corrected chi connectivity index (χ3v) is 2.89. The summed E-state index contributed by atoms with van der Waals surface area (Å²) in [5, 5.41) is 8.56. The van der Waals surface area contributed by atoms with E-state index in [1.807, 2.05) is 6.92 Å². The molecule has 17 heavy (non-hydrogen) atoms. The molecule has 3 N–H and O–H groups in total. The topological polar surface area (TPSA) is 70.2 Å². The SMILES string of the molecule is CC(C)CCC(C)NC(=O)C1CNC(=O)CN1. The Morgan fingerprint density at radius 2 is 2.12 bits per heavy atom. The summed E-state index contributed by atoms with van der Waals surface area (Å²) in [6.07, 6.45) is 2.10. The van der Waals surface area contributed by atoms with Crippen LogP contribution in [0.5, 0.6) is 0 Å². The molecule has 0 spiro atoms. The van der Waals surface area contributed by atoms with Crippen molar-refractivity contribution in [3.8, 4) is 0 Å². The average molecular weight is 241 g/mol. The molecule has 5 nitrogen and oxygen atoms in total. The van der Waals surface area contributed by atoms with Crippen LogP contribution >= 0.6 is 0 Å². The number of carbonyl (C=O) groups excluding carboxylic acids is 2. The van der Waals surface area contributed by atoms with Gasteiger partial charge < -0.3 is 10.6 Å². The van der Waals surface area contributed by atoms with Gasteiger partial charge in [0, 0.05) is 12.6 Å². The fourth-order valence-electron chi connectivity index (χ4n) is 1.75. The molecule has 1 aliphatic rings. The molecule has 1 rings (SSSR count). The van der Waals surface area contributed by atoms with Gasteiger partial charge in [0.1, 0.15) is 6.04 Å². The number of piperazine rings is 1. The molecule has 0 aromatic heterocycles. The van der Waals surface area contributed by atoms with E-state index in [1.54, 1.807) is 0 Å². The Kier molecular flexibility index (Phi) is 5.41. The van der Waals surface area contributed by atoms with Crippen molar-refractivity contribution < 1.29 is 9.59 Å². The Labute approximate surface area is 103 Å². The standard InChI is InChI=1S/C12H23N3O2/c1-8(2)4-5-9(3)15-12(17)10-6-14-11(16)7-13-10/h8-10,13H,4-7H2,1-3H3,(H,14,16)(H,15,17). The van der Waals surface area contributed by atoms with Crippen molar-refractivity contribution in [2.75, 3.05) is 13.1 Å². The zero-order valence-corrected chi connectivity index (χ0v) is 10.9. The number of carbonyl (C=O) groups is 2. The zero-order valence-electron chi connectivity index (χ0n) is 10.9. The molecular formula is C12H23N3O2. The van der Waals surface area contributed by atoms with E-state index in [-0.39, 0.29) is 30.4 Å². The Morgan fingerprint density at radius 1 is 1.41 bits per heavy atom. The summed E-state index contributed by atoms with van der Waals surface area (Å²) in [6.45, 7) is 6.96. The molecule has 0 bridgehead atoms. The predicted molar refractivity (Wildman–Crippen MR) is 66.5 cm³/mol. The molecule has 0 aliphatic carbocycles. The van der Waals surface area contributed by atoms with Gasteiger partial charge in [0.25, 0.3) is 0 Å². The highest BCUT2D eigenvalue weighted by Crippen LogP contribution is 2.06. The number of hydrogen-bond donors (Lipinski definition) is 3. The Morgan fingerprint density at radius 3 is 2.65 bits per heavy atom. The molecular weight excluding hydrogens is 218 g/mol. The molecule has 1 heterocycles. The van der Waals surface area contributed by atoms with Gasteiger partial charge in [-0.05, 0) is 25.7 Å². The lowest BCUT2D eigenvalue weighted by Crippen LogP contribution is -2.58. The molecule has 0 aromatic carbocycles. The molecule has 2 unspecified atom stereocenters. The summed E-state index contributed by atoms with van der Waals surface area (Å²) in [6, 6.07) is -0.112. The van der Waals surface area contributed by atoms with Crippen LogP contribution in [0.2, 0.25) is 0 Å². The first-order valence-electron chi connectivity index (χ1n) is 6.29. The van der Waals surface area contributed by atoms with Gasteiger partial charge in [-0.3, -0.25) is 14.9 Å². The van der Waals surface area contributed by atoms with Crippen molar-refractivity contribution in [2.45, 2.75) is 45.7 Å². The van der Waals surface area contributed by atoms with Crippen molar-refractivity contribution in [1.82, 2.24) is 16.0 Å². The number of nitrogens with one attached hydrogen (secondary N) is 3. The van der Waals surface area contributed by atoms with Crippen molar-refractivity contribution >= 4 is 11.8 Å². The Hall–Kier alpha value is -1.10. The average Bonchev–Trinajstić information content (AvgIpc) is 2.27. The second-order valence-corrected chi connectivity index (χ2v) is 5.12. The monoisotopic (exact) mass is 241 g/mol. The first-order valence-corrected chi connectivity index (χ1v) is 6.29. The number of hydrogen-bond acceptors (Lipinski definition) is 3. The Bertz CT molecular complexity index is 269. The highest BCUT2D eigenvalue weighted by Gasteiger charge is 2.24. The fraction of sp³-hybridized carbons (Fsp3) is 0.833. The van der Waals surface area contributed by atoms with Crippen LogP contribution in [-0.2, 0) is 9.59 Å². The first kappa shape index (κ1) is 14.0. The van der Waals surface area contributed by atoms with Gasteiger partial charge in [-0.25, -0.2) is 0 Å². The third kappa shape index (κ3) is 5.17. The minimum absolute atomic E-state index is 0.0266. The summed E-state index contributed by atoms with van der Waals surface area (Å²) in [5.41, 5.74) is 0. The summed E-state index contributed by atoms with van der Waals surface area (Å²) in [5.74, 6) is 0.574. The molecule has 2 amide bonds. The lowest BCUT2D eigenvalue weighted by molar-refractivity contribution is -0.127. The van der Waals surface area contributed by atoms with Crippen LogP contribution in [-0.4, -0.2) is 37.0 Å². The zero-order chi connectivity index (χ0) is 12.8. The van der Waals surface area contributed by atoms with E-state index in [2.05, 4.69) is 29.8 Å². The van der Waals surface area contributed by atoms with Gasteiger partial charge in [-0.2, -0.15) is 0 Å². The lowest BCUT2D eigenvalue weighted by Gasteiger charge is -2.25. The minimum Gasteiger partial charge on any atom is -0.353 e. The molecule has 2 atom stereocenters. The fourth-order valence-corrected chi connectivity index (χ4v) is 1.75. The molecule has 1 fully saturated rings. The van der Waals surface area contributed by atoms with Gasteiger partial charge in [0.05, 0.1) is 6.54 Å². The normalized spacial score (nSPS) is 22.1. The predicted octanol–water partition coefficient (Wildman–Crippen LogP) is 0.0153. The van der Waals surface area contributed by atoms with Crippen LogP contribution in [0.4, 0.5) is 0 Å². The van der Waals surface area contributed by atoms with Crippen LogP contribution in [0.1, 0.15) is 33.6 Å². The van der Waals surface area contributed by atoms with Crippen LogP contribution in [0.15, 0.2) is 0 Å². The largest absolute Gasteiger partial charge is 0.353 e. The van der Waals surface area contributed by atoms with Crippen LogP contribution < -0.4 is 16.0 Å². The molecule has 1 aliphatic heterocycles. The van der Waals surface area contributed by atoms with E-state index in [9.17, 15) is 9.59 Å². The van der Waals surface area contributed by atoms with E-state index >= 15 is 0 Å². The van der Waals surface area contributed by atoms with E-state index in [0.29, 0.717) is 12.5 Å². The molecule has 0 radical (unpaired) electrons. The van der Waals surface area contributed by atoms with Crippen LogP contribution in [0.25, 0.3) is 0 Å². The second-order valence-electron chi connectivity index (χ2n) is 5.12. The van der Waals surface area contributed by atoms with E-state index in [1.165, 1.54) is 0 Å². The molecule has 0 aromatic rings. The van der Waals surface area contributed by atoms with E-state index in [4.69, 9.17) is 0 Å². The van der Waals surface area contributed by atoms with E-state index < -0.39 is 0 Å². The maximum Gasteiger partial charge on any atom is 0.239 e. The van der Waals surface area contributed by atoms with Gasteiger partial charge in [0.2, 0.25) is 11.8 Å². The minimum atomic E-state index is -0.297. The summed E-state index contributed by atoms with van der Waals surface area (Å²) in [4.78, 5) is 22.8. The van der Waals surface area contributed by atoms with Crippen molar-refractivity contribution in [1.29, 1.82) is 0 Å². The van der Waals surface area contributed by atoms with Crippen molar-refractivity contribution in [3.05, 3.63) is 0 Å². The van der Waals surface area contributed by atoms with Crippen molar-refractivity contribution in [3.63, 3.8) is 0 Å². The molecule has 1 saturated heterocycles. The summed E-state index contributed by atoms with van der Waals surface area (Å²) in [7, 11) is 0. The highest BCUT2D eigenvalue weighted by molar-refractivity contribution is 5.86. The van der Waals surface area contributed by atoms with Gasteiger partial charge in [-0.1, -0.05) is 13.8 Å². The first-order chi connectivity index (χ1) is 7.99. The molecule has 98 valence electrons.